The first-order valence-electron chi connectivity index (χ1n) is 6.96. The lowest BCUT2D eigenvalue weighted by Crippen LogP contribution is -2.39. The lowest BCUT2D eigenvalue weighted by Gasteiger charge is -2.34. The number of aromatic nitrogens is 2. The number of hydrogen-bond donors (Lipinski definition) is 1. The van der Waals surface area contributed by atoms with Crippen molar-refractivity contribution in [2.45, 2.75) is 58.0 Å². The Bertz CT molecular complexity index is 419. The highest BCUT2D eigenvalue weighted by atomic mass is 16.5. The van der Waals surface area contributed by atoms with Gasteiger partial charge in [-0.15, -0.1) is 0 Å². The standard InChI is InChI=1S/C13H21N3O3/c1-2-11-14-12(19-15-11)9-16-8-4-3-5-10(16)6-7-13(17)18/h10H,2-9H2,1H3,(H,17,18). The molecule has 6 heteroatoms. The summed E-state index contributed by atoms with van der Waals surface area (Å²) >= 11 is 0. The van der Waals surface area contributed by atoms with Crippen LogP contribution in [0.25, 0.3) is 0 Å². The molecule has 1 fully saturated rings. The van der Waals surface area contributed by atoms with E-state index in [9.17, 15) is 4.79 Å². The zero-order valence-electron chi connectivity index (χ0n) is 11.3. The third-order valence-electron chi connectivity index (χ3n) is 3.61. The average molecular weight is 267 g/mol. The molecule has 0 spiro atoms. The highest BCUT2D eigenvalue weighted by molar-refractivity contribution is 5.66. The van der Waals surface area contributed by atoms with Crippen molar-refractivity contribution in [2.24, 2.45) is 0 Å². The molecule has 19 heavy (non-hydrogen) atoms. The fourth-order valence-electron chi connectivity index (χ4n) is 2.56. The van der Waals surface area contributed by atoms with Gasteiger partial charge < -0.3 is 9.63 Å². The number of rotatable bonds is 6. The minimum Gasteiger partial charge on any atom is -0.481 e. The highest BCUT2D eigenvalue weighted by Gasteiger charge is 2.24. The van der Waals surface area contributed by atoms with E-state index in [0.29, 0.717) is 24.9 Å². The van der Waals surface area contributed by atoms with Gasteiger partial charge in [0.1, 0.15) is 0 Å². The van der Waals surface area contributed by atoms with Gasteiger partial charge in [-0.3, -0.25) is 9.69 Å². The monoisotopic (exact) mass is 267 g/mol. The van der Waals surface area contributed by atoms with Gasteiger partial charge in [-0.2, -0.15) is 4.98 Å². The quantitative estimate of drug-likeness (QED) is 0.847. The molecule has 0 radical (unpaired) electrons. The van der Waals surface area contributed by atoms with Crippen molar-refractivity contribution in [1.29, 1.82) is 0 Å². The van der Waals surface area contributed by atoms with Gasteiger partial charge in [-0.05, 0) is 25.8 Å². The summed E-state index contributed by atoms with van der Waals surface area (Å²) in [6.45, 7) is 3.61. The van der Waals surface area contributed by atoms with Crippen LogP contribution in [0.1, 0.15) is 50.7 Å². The molecule has 1 unspecified atom stereocenters. The minimum absolute atomic E-state index is 0.227. The highest BCUT2D eigenvalue weighted by Crippen LogP contribution is 2.22. The van der Waals surface area contributed by atoms with E-state index in [4.69, 9.17) is 9.63 Å². The normalized spacial score (nSPS) is 20.6. The first-order valence-corrected chi connectivity index (χ1v) is 6.96. The molecule has 0 bridgehead atoms. The van der Waals surface area contributed by atoms with Gasteiger partial charge in [0.05, 0.1) is 6.54 Å². The van der Waals surface area contributed by atoms with E-state index in [2.05, 4.69) is 15.0 Å². The summed E-state index contributed by atoms with van der Waals surface area (Å²) in [5, 5.41) is 12.7. The Kier molecular flexibility index (Phi) is 4.90. The second-order valence-corrected chi connectivity index (χ2v) is 5.01. The molecule has 1 saturated heterocycles. The summed E-state index contributed by atoms with van der Waals surface area (Å²) in [6.07, 6.45) is 5.08. The second kappa shape index (κ2) is 6.65. The molecule has 6 nitrogen and oxygen atoms in total. The Morgan fingerprint density at radius 3 is 3.05 bits per heavy atom. The van der Waals surface area contributed by atoms with Gasteiger partial charge in [0.2, 0.25) is 5.89 Å². The maximum atomic E-state index is 10.7. The van der Waals surface area contributed by atoms with Gasteiger partial charge in [-0.1, -0.05) is 18.5 Å². The van der Waals surface area contributed by atoms with Crippen LogP contribution in [0.4, 0.5) is 0 Å². The molecule has 2 rings (SSSR count). The van der Waals surface area contributed by atoms with Crippen molar-refractivity contribution in [2.75, 3.05) is 6.54 Å². The first-order chi connectivity index (χ1) is 9.19. The van der Waals surface area contributed by atoms with Gasteiger partial charge >= 0.3 is 5.97 Å². The largest absolute Gasteiger partial charge is 0.481 e. The van der Waals surface area contributed by atoms with Crippen LogP contribution in [0.2, 0.25) is 0 Å². The van der Waals surface area contributed by atoms with Crippen LogP contribution < -0.4 is 0 Å². The summed E-state index contributed by atoms with van der Waals surface area (Å²) in [4.78, 5) is 17.3. The van der Waals surface area contributed by atoms with E-state index < -0.39 is 5.97 Å². The van der Waals surface area contributed by atoms with E-state index in [1.165, 1.54) is 6.42 Å². The summed E-state index contributed by atoms with van der Waals surface area (Å²) in [7, 11) is 0. The zero-order valence-corrected chi connectivity index (χ0v) is 11.3. The fraction of sp³-hybridized carbons (Fsp3) is 0.769. The molecule has 2 heterocycles. The van der Waals surface area contributed by atoms with E-state index in [1.54, 1.807) is 0 Å². The maximum Gasteiger partial charge on any atom is 0.303 e. The van der Waals surface area contributed by atoms with E-state index >= 15 is 0 Å². The molecular formula is C13H21N3O3. The van der Waals surface area contributed by atoms with Crippen molar-refractivity contribution < 1.29 is 14.4 Å². The molecule has 106 valence electrons. The Balaban J connectivity index is 1.92. The molecule has 0 aliphatic carbocycles. The average Bonchev–Trinajstić information content (AvgIpc) is 2.85. The molecule has 1 N–H and O–H groups in total. The molecule has 0 amide bonds. The molecular weight excluding hydrogens is 246 g/mol. The number of carbonyl (C=O) groups is 1. The summed E-state index contributed by atoms with van der Waals surface area (Å²) in [6, 6.07) is 0.321. The minimum atomic E-state index is -0.725. The summed E-state index contributed by atoms with van der Waals surface area (Å²) in [5.74, 6) is 0.643. The third-order valence-corrected chi connectivity index (χ3v) is 3.61. The number of aliphatic carboxylic acids is 1. The van der Waals surface area contributed by atoms with Crippen LogP contribution in [-0.4, -0.2) is 38.7 Å². The molecule has 1 aromatic rings. The third kappa shape index (κ3) is 4.02. The maximum absolute atomic E-state index is 10.7. The number of carboxylic acid groups (broad SMARTS) is 1. The van der Waals surface area contributed by atoms with Crippen molar-refractivity contribution in [3.8, 4) is 0 Å². The number of nitrogens with zero attached hydrogens (tertiary/aromatic N) is 3. The molecule has 1 aliphatic heterocycles. The van der Waals surface area contributed by atoms with Crippen molar-refractivity contribution >= 4 is 5.97 Å². The smallest absolute Gasteiger partial charge is 0.303 e. The topological polar surface area (TPSA) is 79.5 Å². The Hall–Kier alpha value is -1.43. The summed E-state index contributed by atoms with van der Waals surface area (Å²) in [5.41, 5.74) is 0. The van der Waals surface area contributed by atoms with Crippen LogP contribution in [0.5, 0.6) is 0 Å². The van der Waals surface area contributed by atoms with Crippen molar-refractivity contribution in [1.82, 2.24) is 15.0 Å². The number of hydrogen-bond acceptors (Lipinski definition) is 5. The lowest BCUT2D eigenvalue weighted by molar-refractivity contribution is -0.137. The fourth-order valence-corrected chi connectivity index (χ4v) is 2.56. The Morgan fingerprint density at radius 1 is 1.53 bits per heavy atom. The van der Waals surface area contributed by atoms with Gasteiger partial charge in [0.15, 0.2) is 5.82 Å². The molecule has 1 aromatic heterocycles. The number of aryl methyl sites for hydroxylation is 1. The molecule has 1 aliphatic rings. The van der Waals surface area contributed by atoms with E-state index in [-0.39, 0.29) is 6.42 Å². The van der Waals surface area contributed by atoms with Gasteiger partial charge in [0.25, 0.3) is 0 Å². The Morgan fingerprint density at radius 2 is 2.37 bits per heavy atom. The summed E-state index contributed by atoms with van der Waals surface area (Å²) < 4.78 is 5.21. The van der Waals surface area contributed by atoms with Crippen molar-refractivity contribution in [3.63, 3.8) is 0 Å². The molecule has 0 saturated carbocycles. The Labute approximate surface area is 112 Å². The predicted octanol–water partition coefficient (Wildman–Crippen LogP) is 1.85. The first kappa shape index (κ1) is 14.0. The van der Waals surface area contributed by atoms with E-state index in [0.717, 1.165) is 31.6 Å². The van der Waals surface area contributed by atoms with Gasteiger partial charge in [0, 0.05) is 18.9 Å². The van der Waals surface area contributed by atoms with Crippen LogP contribution in [0.3, 0.4) is 0 Å². The second-order valence-electron chi connectivity index (χ2n) is 5.01. The number of carboxylic acids is 1. The predicted molar refractivity (Wildman–Crippen MR) is 68.6 cm³/mol. The van der Waals surface area contributed by atoms with Gasteiger partial charge in [-0.25, -0.2) is 0 Å². The van der Waals surface area contributed by atoms with Crippen LogP contribution in [0, 0.1) is 0 Å². The van der Waals surface area contributed by atoms with Crippen LogP contribution in [0.15, 0.2) is 4.52 Å². The SMILES string of the molecule is CCc1noc(CN2CCCCC2CCC(=O)O)n1. The number of likely N-dealkylation sites (tertiary alicyclic amines) is 1. The van der Waals surface area contributed by atoms with Crippen molar-refractivity contribution in [3.05, 3.63) is 11.7 Å². The zero-order chi connectivity index (χ0) is 13.7. The molecule has 1 atom stereocenters. The van der Waals surface area contributed by atoms with Crippen LogP contribution in [-0.2, 0) is 17.8 Å². The lowest BCUT2D eigenvalue weighted by atomic mass is 9.98. The molecule has 0 aromatic carbocycles. The number of piperidine rings is 1. The van der Waals surface area contributed by atoms with E-state index in [1.807, 2.05) is 6.92 Å². The van der Waals surface area contributed by atoms with Crippen LogP contribution >= 0.6 is 0 Å².